The number of hydrogen-bond acceptors (Lipinski definition) is 3. The highest BCUT2D eigenvalue weighted by Crippen LogP contribution is 2.21. The Bertz CT molecular complexity index is 555. The summed E-state index contributed by atoms with van der Waals surface area (Å²) in [5, 5.41) is 10.1. The summed E-state index contributed by atoms with van der Waals surface area (Å²) in [6, 6.07) is 13.1. The maximum Gasteiger partial charge on any atom is 0.138 e. The SMILES string of the molecule is CN(Cc1ccc(Cl)cc1)Cc1ccc(O)c(N)c1. The molecular weight excluding hydrogens is 260 g/mol. The molecule has 0 aromatic heterocycles. The van der Waals surface area contributed by atoms with Gasteiger partial charge in [-0.3, -0.25) is 4.90 Å². The van der Waals surface area contributed by atoms with Crippen LogP contribution in [0.5, 0.6) is 5.75 Å². The summed E-state index contributed by atoms with van der Waals surface area (Å²) in [5.74, 6) is 0.129. The first-order chi connectivity index (χ1) is 9.04. The smallest absolute Gasteiger partial charge is 0.138 e. The number of hydrogen-bond donors (Lipinski definition) is 2. The molecule has 19 heavy (non-hydrogen) atoms. The summed E-state index contributed by atoms with van der Waals surface area (Å²) in [5.41, 5.74) is 8.38. The average molecular weight is 277 g/mol. The summed E-state index contributed by atoms with van der Waals surface area (Å²) in [6.45, 7) is 1.60. The Kier molecular flexibility index (Phi) is 4.30. The summed E-state index contributed by atoms with van der Waals surface area (Å²) in [4.78, 5) is 2.18. The molecule has 4 heteroatoms. The summed E-state index contributed by atoms with van der Waals surface area (Å²) >= 11 is 5.86. The van der Waals surface area contributed by atoms with Gasteiger partial charge in [0.2, 0.25) is 0 Å². The minimum atomic E-state index is 0.129. The normalized spacial score (nSPS) is 10.9. The van der Waals surface area contributed by atoms with Gasteiger partial charge >= 0.3 is 0 Å². The van der Waals surface area contributed by atoms with Crippen molar-refractivity contribution < 1.29 is 5.11 Å². The minimum absolute atomic E-state index is 0.129. The molecular formula is C15H17ClN2O. The van der Waals surface area contributed by atoms with Crippen molar-refractivity contribution in [2.24, 2.45) is 0 Å². The first-order valence-electron chi connectivity index (χ1n) is 6.05. The lowest BCUT2D eigenvalue weighted by Crippen LogP contribution is -2.17. The van der Waals surface area contributed by atoms with Gasteiger partial charge in [0, 0.05) is 18.1 Å². The van der Waals surface area contributed by atoms with Gasteiger partial charge in [-0.15, -0.1) is 0 Å². The predicted octanol–water partition coefficient (Wildman–Crippen LogP) is 3.26. The van der Waals surface area contributed by atoms with Crippen molar-refractivity contribution in [1.82, 2.24) is 4.90 Å². The van der Waals surface area contributed by atoms with Crippen LogP contribution >= 0.6 is 11.6 Å². The van der Waals surface area contributed by atoms with Gasteiger partial charge in [-0.2, -0.15) is 0 Å². The number of benzene rings is 2. The number of nitrogens with zero attached hydrogens (tertiary/aromatic N) is 1. The van der Waals surface area contributed by atoms with Gasteiger partial charge < -0.3 is 10.8 Å². The maximum atomic E-state index is 9.39. The van der Waals surface area contributed by atoms with E-state index in [0.717, 1.165) is 23.7 Å². The summed E-state index contributed by atoms with van der Waals surface area (Å²) in [7, 11) is 2.04. The van der Waals surface area contributed by atoms with E-state index in [2.05, 4.69) is 4.90 Å². The monoisotopic (exact) mass is 276 g/mol. The number of aromatic hydroxyl groups is 1. The number of phenolic OH excluding ortho intramolecular Hbond substituents is 1. The Morgan fingerprint density at radius 1 is 1.05 bits per heavy atom. The van der Waals surface area contributed by atoms with Crippen molar-refractivity contribution in [3.8, 4) is 5.75 Å². The maximum absolute atomic E-state index is 9.39. The molecule has 0 saturated carbocycles. The van der Waals surface area contributed by atoms with Crippen LogP contribution in [0.15, 0.2) is 42.5 Å². The molecule has 0 atom stereocenters. The standard InChI is InChI=1S/C15H17ClN2O/c1-18(9-11-2-5-13(16)6-3-11)10-12-4-7-15(19)14(17)8-12/h2-8,19H,9-10,17H2,1H3. The number of phenols is 1. The Balaban J connectivity index is 1.98. The van der Waals surface area contributed by atoms with E-state index in [9.17, 15) is 5.11 Å². The van der Waals surface area contributed by atoms with Crippen molar-refractivity contribution in [3.05, 3.63) is 58.6 Å². The van der Waals surface area contributed by atoms with E-state index in [1.807, 2.05) is 37.4 Å². The molecule has 2 rings (SSSR count). The van der Waals surface area contributed by atoms with Crippen molar-refractivity contribution >= 4 is 17.3 Å². The van der Waals surface area contributed by atoms with Crippen LogP contribution in [-0.4, -0.2) is 17.1 Å². The topological polar surface area (TPSA) is 49.5 Å². The van der Waals surface area contributed by atoms with Crippen LogP contribution < -0.4 is 5.73 Å². The fourth-order valence-corrected chi connectivity index (χ4v) is 2.10. The Morgan fingerprint density at radius 3 is 2.26 bits per heavy atom. The first kappa shape index (κ1) is 13.7. The molecule has 3 N–H and O–H groups in total. The molecule has 0 saturated heterocycles. The van der Waals surface area contributed by atoms with E-state index in [1.165, 1.54) is 5.56 Å². The van der Waals surface area contributed by atoms with Gasteiger partial charge in [-0.1, -0.05) is 29.8 Å². The zero-order valence-corrected chi connectivity index (χ0v) is 11.6. The van der Waals surface area contributed by atoms with E-state index in [4.69, 9.17) is 17.3 Å². The fourth-order valence-electron chi connectivity index (χ4n) is 1.97. The lowest BCUT2D eigenvalue weighted by Gasteiger charge is -2.17. The number of nitrogen functional groups attached to an aromatic ring is 1. The molecule has 0 aliphatic rings. The zero-order chi connectivity index (χ0) is 13.8. The van der Waals surface area contributed by atoms with Crippen LogP contribution in [0.2, 0.25) is 5.02 Å². The molecule has 3 nitrogen and oxygen atoms in total. The summed E-state index contributed by atoms with van der Waals surface area (Å²) in [6.07, 6.45) is 0. The lowest BCUT2D eigenvalue weighted by atomic mass is 10.1. The van der Waals surface area contributed by atoms with Gasteiger partial charge in [0.05, 0.1) is 5.69 Å². The minimum Gasteiger partial charge on any atom is -0.506 e. The Hall–Kier alpha value is -1.71. The average Bonchev–Trinajstić information content (AvgIpc) is 2.37. The molecule has 0 heterocycles. The van der Waals surface area contributed by atoms with Gasteiger partial charge in [0.15, 0.2) is 0 Å². The highest BCUT2D eigenvalue weighted by molar-refractivity contribution is 6.30. The number of nitrogens with two attached hydrogens (primary N) is 1. The van der Waals surface area contributed by atoms with E-state index < -0.39 is 0 Å². The van der Waals surface area contributed by atoms with Crippen LogP contribution in [0.1, 0.15) is 11.1 Å². The molecule has 0 unspecified atom stereocenters. The third kappa shape index (κ3) is 3.88. The molecule has 0 bridgehead atoms. The van der Waals surface area contributed by atoms with E-state index in [-0.39, 0.29) is 5.75 Å². The van der Waals surface area contributed by atoms with E-state index in [0.29, 0.717) is 5.69 Å². The molecule has 2 aromatic rings. The van der Waals surface area contributed by atoms with Crippen LogP contribution in [0, 0.1) is 0 Å². The van der Waals surface area contributed by atoms with Crippen LogP contribution in [0.25, 0.3) is 0 Å². The predicted molar refractivity (Wildman–Crippen MR) is 79.1 cm³/mol. The molecule has 0 aliphatic carbocycles. The van der Waals surface area contributed by atoms with Crippen molar-refractivity contribution in [2.75, 3.05) is 12.8 Å². The zero-order valence-electron chi connectivity index (χ0n) is 10.8. The second kappa shape index (κ2) is 5.95. The largest absolute Gasteiger partial charge is 0.506 e. The second-order valence-corrected chi connectivity index (χ2v) is 5.13. The van der Waals surface area contributed by atoms with E-state index >= 15 is 0 Å². The lowest BCUT2D eigenvalue weighted by molar-refractivity contribution is 0.319. The fraction of sp³-hybridized carbons (Fsp3) is 0.200. The highest BCUT2D eigenvalue weighted by Gasteiger charge is 2.04. The number of halogens is 1. The van der Waals surface area contributed by atoms with Crippen molar-refractivity contribution in [3.63, 3.8) is 0 Å². The third-order valence-electron chi connectivity index (χ3n) is 2.91. The van der Waals surface area contributed by atoms with Gasteiger partial charge in [-0.05, 0) is 42.4 Å². The molecule has 2 aromatic carbocycles. The van der Waals surface area contributed by atoms with Crippen LogP contribution in [0.4, 0.5) is 5.69 Å². The highest BCUT2D eigenvalue weighted by atomic mass is 35.5. The quantitative estimate of drug-likeness (QED) is 0.666. The molecule has 100 valence electrons. The second-order valence-electron chi connectivity index (χ2n) is 4.69. The van der Waals surface area contributed by atoms with Crippen LogP contribution in [0.3, 0.4) is 0 Å². The molecule has 0 fully saturated rings. The van der Waals surface area contributed by atoms with E-state index in [1.54, 1.807) is 12.1 Å². The Morgan fingerprint density at radius 2 is 1.63 bits per heavy atom. The third-order valence-corrected chi connectivity index (χ3v) is 3.16. The van der Waals surface area contributed by atoms with Gasteiger partial charge in [0.25, 0.3) is 0 Å². The Labute approximate surface area is 118 Å². The molecule has 0 aliphatic heterocycles. The number of anilines is 1. The molecule has 0 amide bonds. The van der Waals surface area contributed by atoms with Crippen LogP contribution in [-0.2, 0) is 13.1 Å². The molecule has 0 radical (unpaired) electrons. The summed E-state index contributed by atoms with van der Waals surface area (Å²) < 4.78 is 0. The van der Waals surface area contributed by atoms with Gasteiger partial charge in [0.1, 0.15) is 5.75 Å². The van der Waals surface area contributed by atoms with Crippen molar-refractivity contribution in [1.29, 1.82) is 0 Å². The first-order valence-corrected chi connectivity index (χ1v) is 6.43. The van der Waals surface area contributed by atoms with Gasteiger partial charge in [-0.25, -0.2) is 0 Å². The van der Waals surface area contributed by atoms with Crippen molar-refractivity contribution in [2.45, 2.75) is 13.1 Å². The number of rotatable bonds is 4. The molecule has 0 spiro atoms.